The highest BCUT2D eigenvalue weighted by Gasteiger charge is 2.22. The fourth-order valence-corrected chi connectivity index (χ4v) is 2.57. The summed E-state index contributed by atoms with van der Waals surface area (Å²) >= 11 is 0. The van der Waals surface area contributed by atoms with Gasteiger partial charge in [0.05, 0.1) is 5.69 Å². The summed E-state index contributed by atoms with van der Waals surface area (Å²) in [6.07, 6.45) is 0.523. The van der Waals surface area contributed by atoms with Crippen LogP contribution in [-0.2, 0) is 9.59 Å². The van der Waals surface area contributed by atoms with Crippen LogP contribution in [0.1, 0.15) is 32.9 Å². The second kappa shape index (κ2) is 7.92. The predicted octanol–water partition coefficient (Wildman–Crippen LogP) is 2.81. The van der Waals surface area contributed by atoms with E-state index in [1.54, 1.807) is 22.9 Å². The minimum absolute atomic E-state index is 0.245. The first-order valence-corrected chi connectivity index (χ1v) is 8.17. The molecule has 0 bridgehead atoms. The Hall–Kier alpha value is -2.70. The quantitative estimate of drug-likeness (QED) is 0.844. The van der Waals surface area contributed by atoms with Crippen LogP contribution in [0, 0.1) is 18.7 Å². The van der Waals surface area contributed by atoms with Gasteiger partial charge in [-0.2, -0.15) is 0 Å². The third kappa shape index (κ3) is 5.14. The molecular weight excluding hydrogens is 323 g/mol. The average Bonchev–Trinajstić information content (AvgIpc) is 2.86. The number of rotatable bonds is 6. The van der Waals surface area contributed by atoms with Crippen LogP contribution < -0.4 is 10.6 Å². The number of hydrogen-bond donors (Lipinski definition) is 2. The monoisotopic (exact) mass is 346 g/mol. The smallest absolute Gasteiger partial charge is 0.248 e. The van der Waals surface area contributed by atoms with E-state index < -0.39 is 6.04 Å². The Morgan fingerprint density at radius 1 is 1.28 bits per heavy atom. The van der Waals surface area contributed by atoms with Gasteiger partial charge in [0.25, 0.3) is 0 Å². The van der Waals surface area contributed by atoms with Crippen LogP contribution in [0.2, 0.25) is 0 Å². The Kier molecular flexibility index (Phi) is 5.90. The molecule has 0 fully saturated rings. The summed E-state index contributed by atoms with van der Waals surface area (Å²) in [5.74, 6) is -0.351. The first kappa shape index (κ1) is 18.6. The minimum Gasteiger partial charge on any atom is -0.345 e. The van der Waals surface area contributed by atoms with Crippen LogP contribution in [-0.4, -0.2) is 27.6 Å². The normalized spacial score (nSPS) is 12.1. The molecule has 0 aliphatic heterocycles. The van der Waals surface area contributed by atoms with Gasteiger partial charge in [-0.1, -0.05) is 19.9 Å². The predicted molar refractivity (Wildman–Crippen MR) is 93.9 cm³/mol. The zero-order valence-electron chi connectivity index (χ0n) is 14.8. The first-order chi connectivity index (χ1) is 11.8. The second-order valence-electron chi connectivity index (χ2n) is 6.43. The average molecular weight is 346 g/mol. The van der Waals surface area contributed by atoms with Crippen molar-refractivity contribution in [2.24, 2.45) is 5.92 Å². The lowest BCUT2D eigenvalue weighted by molar-refractivity contribution is -0.125. The molecule has 6 nitrogen and oxygen atoms in total. The van der Waals surface area contributed by atoms with Gasteiger partial charge in [-0.3, -0.25) is 9.59 Å². The first-order valence-electron chi connectivity index (χ1n) is 8.17. The molecule has 1 aromatic heterocycles. The maximum atomic E-state index is 13.4. The number of anilines is 1. The summed E-state index contributed by atoms with van der Waals surface area (Å²) in [7, 11) is 0. The molecule has 0 aliphatic rings. The molecule has 2 amide bonds. The van der Waals surface area contributed by atoms with Crippen LogP contribution in [0.15, 0.2) is 30.3 Å². The molecule has 0 saturated heterocycles. The van der Waals surface area contributed by atoms with Crippen molar-refractivity contribution in [3.8, 4) is 5.69 Å². The molecule has 0 saturated carbocycles. The van der Waals surface area contributed by atoms with E-state index in [1.165, 1.54) is 19.1 Å². The number of nitrogens with one attached hydrogen (secondary N) is 2. The molecular formula is C18H23FN4O2. The van der Waals surface area contributed by atoms with Gasteiger partial charge in [0.2, 0.25) is 11.8 Å². The Balaban J connectivity index is 2.18. The van der Waals surface area contributed by atoms with E-state index in [2.05, 4.69) is 15.7 Å². The summed E-state index contributed by atoms with van der Waals surface area (Å²) in [6, 6.07) is 7.12. The summed E-state index contributed by atoms with van der Waals surface area (Å²) in [6.45, 7) is 7.15. The molecule has 0 radical (unpaired) electrons. The maximum absolute atomic E-state index is 13.4. The van der Waals surface area contributed by atoms with Crippen LogP contribution >= 0.6 is 0 Å². The number of nitrogens with zero attached hydrogens (tertiary/aromatic N) is 2. The molecule has 0 aliphatic carbocycles. The molecule has 7 heteroatoms. The van der Waals surface area contributed by atoms with Crippen molar-refractivity contribution in [2.45, 2.75) is 40.2 Å². The summed E-state index contributed by atoms with van der Waals surface area (Å²) < 4.78 is 14.9. The number of halogens is 1. The number of benzene rings is 1. The topological polar surface area (TPSA) is 76.0 Å². The summed E-state index contributed by atoms with van der Waals surface area (Å²) in [5, 5.41) is 9.68. The third-order valence-corrected chi connectivity index (χ3v) is 3.59. The second-order valence-corrected chi connectivity index (χ2v) is 6.43. The largest absolute Gasteiger partial charge is 0.345 e. The van der Waals surface area contributed by atoms with E-state index in [0.717, 1.165) is 5.69 Å². The SMILES string of the molecule is CC(=O)N[C@@H](CC(C)C)C(=O)Nc1cc(C)n(-c2cccc(F)c2)n1. The summed E-state index contributed by atoms with van der Waals surface area (Å²) in [4.78, 5) is 23.8. The van der Waals surface area contributed by atoms with Gasteiger partial charge in [-0.15, -0.1) is 5.10 Å². The molecule has 134 valence electrons. The van der Waals surface area contributed by atoms with Crippen molar-refractivity contribution >= 4 is 17.6 Å². The molecule has 1 heterocycles. The molecule has 25 heavy (non-hydrogen) atoms. The Morgan fingerprint density at radius 2 is 2.00 bits per heavy atom. The zero-order chi connectivity index (χ0) is 18.6. The van der Waals surface area contributed by atoms with E-state index in [9.17, 15) is 14.0 Å². The number of hydrogen-bond acceptors (Lipinski definition) is 3. The Morgan fingerprint density at radius 3 is 2.60 bits per heavy atom. The third-order valence-electron chi connectivity index (χ3n) is 3.59. The maximum Gasteiger partial charge on any atom is 0.248 e. The zero-order valence-corrected chi connectivity index (χ0v) is 14.8. The van der Waals surface area contributed by atoms with E-state index >= 15 is 0 Å². The highest BCUT2D eigenvalue weighted by Crippen LogP contribution is 2.16. The van der Waals surface area contributed by atoms with Gasteiger partial charge in [-0.25, -0.2) is 9.07 Å². The van der Waals surface area contributed by atoms with Crippen molar-refractivity contribution in [3.63, 3.8) is 0 Å². The Labute approximate surface area is 146 Å². The van der Waals surface area contributed by atoms with Crippen LogP contribution in [0.4, 0.5) is 10.2 Å². The van der Waals surface area contributed by atoms with E-state index in [0.29, 0.717) is 17.9 Å². The standard InChI is InChI=1S/C18H23FN4O2/c1-11(2)8-16(20-13(4)24)18(25)21-17-9-12(3)23(22-17)15-7-5-6-14(19)10-15/h5-7,9-11,16H,8H2,1-4H3,(H,20,24)(H,21,22,25)/t16-/m0/s1. The fourth-order valence-electron chi connectivity index (χ4n) is 2.57. The number of carbonyl (C=O) groups excluding carboxylic acids is 2. The molecule has 2 aromatic rings. The molecule has 0 unspecified atom stereocenters. The van der Waals surface area contributed by atoms with Gasteiger partial charge in [0.15, 0.2) is 5.82 Å². The lowest BCUT2D eigenvalue weighted by Gasteiger charge is -2.18. The number of carbonyl (C=O) groups is 2. The minimum atomic E-state index is -0.628. The van der Waals surface area contributed by atoms with Crippen molar-refractivity contribution in [3.05, 3.63) is 41.8 Å². The highest BCUT2D eigenvalue weighted by atomic mass is 19.1. The van der Waals surface area contributed by atoms with Crippen LogP contribution in [0.25, 0.3) is 5.69 Å². The molecule has 1 aromatic carbocycles. The fraction of sp³-hybridized carbons (Fsp3) is 0.389. The van der Waals surface area contributed by atoms with Gasteiger partial charge in [0, 0.05) is 18.7 Å². The van der Waals surface area contributed by atoms with Crippen molar-refractivity contribution < 1.29 is 14.0 Å². The molecule has 0 spiro atoms. The molecule has 1 atom stereocenters. The number of aromatic nitrogens is 2. The lowest BCUT2D eigenvalue weighted by atomic mass is 10.0. The number of aryl methyl sites for hydroxylation is 1. The van der Waals surface area contributed by atoms with E-state index in [4.69, 9.17) is 0 Å². The Bertz CT molecular complexity index is 770. The van der Waals surface area contributed by atoms with E-state index in [1.807, 2.05) is 20.8 Å². The molecule has 2 N–H and O–H groups in total. The lowest BCUT2D eigenvalue weighted by Crippen LogP contribution is -2.43. The molecule has 2 rings (SSSR count). The summed E-state index contributed by atoms with van der Waals surface area (Å²) in [5.41, 5.74) is 1.32. The van der Waals surface area contributed by atoms with Crippen LogP contribution in [0.3, 0.4) is 0 Å². The van der Waals surface area contributed by atoms with Gasteiger partial charge >= 0.3 is 0 Å². The van der Waals surface area contributed by atoms with Crippen molar-refractivity contribution in [1.82, 2.24) is 15.1 Å². The van der Waals surface area contributed by atoms with Crippen molar-refractivity contribution in [2.75, 3.05) is 5.32 Å². The highest BCUT2D eigenvalue weighted by molar-refractivity contribution is 5.96. The van der Waals surface area contributed by atoms with E-state index in [-0.39, 0.29) is 23.5 Å². The van der Waals surface area contributed by atoms with Gasteiger partial charge < -0.3 is 10.6 Å². The van der Waals surface area contributed by atoms with Gasteiger partial charge in [-0.05, 0) is 37.5 Å². The number of amides is 2. The van der Waals surface area contributed by atoms with Crippen LogP contribution in [0.5, 0.6) is 0 Å². The van der Waals surface area contributed by atoms with Gasteiger partial charge in [0.1, 0.15) is 11.9 Å². The van der Waals surface area contributed by atoms with Crippen molar-refractivity contribution in [1.29, 1.82) is 0 Å².